The van der Waals surface area contributed by atoms with Crippen molar-refractivity contribution in [2.75, 3.05) is 24.2 Å². The van der Waals surface area contributed by atoms with Gasteiger partial charge in [0.25, 0.3) is 0 Å². The zero-order valence-corrected chi connectivity index (χ0v) is 11.1. The third-order valence-electron chi connectivity index (χ3n) is 2.91. The summed E-state index contributed by atoms with van der Waals surface area (Å²) in [6.07, 6.45) is 1.67. The van der Waals surface area contributed by atoms with Crippen LogP contribution in [0.3, 0.4) is 0 Å². The lowest BCUT2D eigenvalue weighted by molar-refractivity contribution is -0.140. The number of pyridine rings is 1. The summed E-state index contributed by atoms with van der Waals surface area (Å²) in [4.78, 5) is 15.6. The van der Waals surface area contributed by atoms with Crippen LogP contribution in [-0.4, -0.2) is 24.1 Å². The van der Waals surface area contributed by atoms with Gasteiger partial charge in [0.1, 0.15) is 12.4 Å². The number of nitrogen functional groups attached to an aromatic ring is 1. The Bertz CT molecular complexity index is 611. The second kappa shape index (κ2) is 5.56. The number of esters is 1. The summed E-state index contributed by atoms with van der Waals surface area (Å²) in [6, 6.07) is 5.75. The SMILES string of the molecule is CCOC(=O)CNc1nccc2c(N)c(C)ccc12. The van der Waals surface area contributed by atoms with E-state index in [2.05, 4.69) is 10.3 Å². The van der Waals surface area contributed by atoms with Crippen molar-refractivity contribution in [2.24, 2.45) is 0 Å². The molecule has 0 atom stereocenters. The molecule has 0 unspecified atom stereocenters. The predicted molar refractivity (Wildman–Crippen MR) is 76.0 cm³/mol. The van der Waals surface area contributed by atoms with Crippen molar-refractivity contribution in [1.82, 2.24) is 4.98 Å². The van der Waals surface area contributed by atoms with Gasteiger partial charge in [0.05, 0.1) is 6.61 Å². The van der Waals surface area contributed by atoms with E-state index in [1.54, 1.807) is 13.1 Å². The quantitative estimate of drug-likeness (QED) is 0.649. The highest BCUT2D eigenvalue weighted by Gasteiger charge is 2.08. The molecule has 0 saturated carbocycles. The van der Waals surface area contributed by atoms with E-state index in [-0.39, 0.29) is 12.5 Å². The number of hydrogen-bond acceptors (Lipinski definition) is 5. The molecule has 5 nitrogen and oxygen atoms in total. The third-order valence-corrected chi connectivity index (χ3v) is 2.91. The van der Waals surface area contributed by atoms with E-state index in [1.807, 2.05) is 25.1 Å². The number of hydrogen-bond donors (Lipinski definition) is 2. The van der Waals surface area contributed by atoms with Crippen LogP contribution in [0, 0.1) is 6.92 Å². The molecule has 0 aliphatic rings. The summed E-state index contributed by atoms with van der Waals surface area (Å²) in [5, 5.41) is 4.81. The first-order valence-corrected chi connectivity index (χ1v) is 6.16. The fraction of sp³-hybridized carbons (Fsp3) is 0.286. The summed E-state index contributed by atoms with van der Waals surface area (Å²) in [5.74, 6) is 0.332. The summed E-state index contributed by atoms with van der Waals surface area (Å²) < 4.78 is 4.86. The molecule has 2 aromatic rings. The van der Waals surface area contributed by atoms with Crippen LogP contribution in [0.2, 0.25) is 0 Å². The first kappa shape index (κ1) is 13.1. The monoisotopic (exact) mass is 259 g/mol. The summed E-state index contributed by atoms with van der Waals surface area (Å²) >= 11 is 0. The van der Waals surface area contributed by atoms with Crippen LogP contribution in [0.15, 0.2) is 24.4 Å². The Labute approximate surface area is 111 Å². The van der Waals surface area contributed by atoms with Crippen molar-refractivity contribution in [3.05, 3.63) is 30.0 Å². The largest absolute Gasteiger partial charge is 0.465 e. The standard InChI is InChI=1S/C14H17N3O2/c1-3-19-12(18)8-17-14-11-5-4-9(2)13(15)10(11)6-7-16-14/h4-7H,3,8,15H2,1-2H3,(H,16,17). The number of anilines is 2. The number of carbonyl (C=O) groups excluding carboxylic acids is 1. The first-order chi connectivity index (χ1) is 9.13. The van der Waals surface area contributed by atoms with Crippen molar-refractivity contribution in [3.63, 3.8) is 0 Å². The molecule has 0 saturated heterocycles. The lowest BCUT2D eigenvalue weighted by atomic mass is 10.1. The van der Waals surface area contributed by atoms with Gasteiger partial charge in [0.2, 0.25) is 0 Å². The fourth-order valence-electron chi connectivity index (χ4n) is 1.90. The fourth-order valence-corrected chi connectivity index (χ4v) is 1.90. The number of rotatable bonds is 4. The molecule has 0 bridgehead atoms. The number of nitrogens with zero attached hydrogens (tertiary/aromatic N) is 1. The van der Waals surface area contributed by atoms with Gasteiger partial charge in [-0.1, -0.05) is 12.1 Å². The van der Waals surface area contributed by atoms with Gasteiger partial charge < -0.3 is 15.8 Å². The van der Waals surface area contributed by atoms with E-state index < -0.39 is 0 Å². The maximum absolute atomic E-state index is 11.3. The highest BCUT2D eigenvalue weighted by Crippen LogP contribution is 2.28. The first-order valence-electron chi connectivity index (χ1n) is 6.16. The number of fused-ring (bicyclic) bond motifs is 1. The van der Waals surface area contributed by atoms with Crippen LogP contribution in [0.1, 0.15) is 12.5 Å². The van der Waals surface area contributed by atoms with Crippen molar-refractivity contribution in [3.8, 4) is 0 Å². The summed E-state index contributed by atoms with van der Waals surface area (Å²) in [5.41, 5.74) is 7.80. The Morgan fingerprint density at radius 3 is 2.89 bits per heavy atom. The molecule has 0 amide bonds. The van der Waals surface area contributed by atoms with Gasteiger partial charge in [-0.2, -0.15) is 0 Å². The van der Waals surface area contributed by atoms with Crippen LogP contribution >= 0.6 is 0 Å². The predicted octanol–water partition coefficient (Wildman–Crippen LogP) is 2.10. The third kappa shape index (κ3) is 2.76. The lowest BCUT2D eigenvalue weighted by Gasteiger charge is -2.10. The molecule has 3 N–H and O–H groups in total. The number of aryl methyl sites for hydroxylation is 1. The Morgan fingerprint density at radius 2 is 2.16 bits per heavy atom. The number of aromatic nitrogens is 1. The van der Waals surface area contributed by atoms with Crippen molar-refractivity contribution >= 4 is 28.2 Å². The van der Waals surface area contributed by atoms with Crippen LogP contribution in [0.25, 0.3) is 10.8 Å². The molecule has 5 heteroatoms. The second-order valence-corrected chi connectivity index (χ2v) is 4.21. The van der Waals surface area contributed by atoms with Crippen LogP contribution in [0.4, 0.5) is 11.5 Å². The van der Waals surface area contributed by atoms with Crippen molar-refractivity contribution in [2.45, 2.75) is 13.8 Å². The minimum atomic E-state index is -0.304. The van der Waals surface area contributed by atoms with Gasteiger partial charge in [-0.25, -0.2) is 4.98 Å². The normalized spacial score (nSPS) is 10.4. The summed E-state index contributed by atoms with van der Waals surface area (Å²) in [7, 11) is 0. The molecule has 0 spiro atoms. The van der Waals surface area contributed by atoms with Gasteiger partial charge in [0, 0.05) is 22.7 Å². The molecule has 100 valence electrons. The molecular formula is C14H17N3O2. The molecular weight excluding hydrogens is 242 g/mol. The van der Waals surface area contributed by atoms with Crippen molar-refractivity contribution in [1.29, 1.82) is 0 Å². The van der Waals surface area contributed by atoms with Crippen molar-refractivity contribution < 1.29 is 9.53 Å². The molecule has 0 radical (unpaired) electrons. The molecule has 1 aromatic carbocycles. The number of nitrogens with one attached hydrogen (secondary N) is 1. The highest BCUT2D eigenvalue weighted by molar-refractivity contribution is 6.00. The Kier molecular flexibility index (Phi) is 3.85. The molecule has 0 aliphatic heterocycles. The Balaban J connectivity index is 2.29. The average molecular weight is 259 g/mol. The van der Waals surface area contributed by atoms with Gasteiger partial charge in [-0.3, -0.25) is 4.79 Å². The van der Waals surface area contributed by atoms with E-state index in [4.69, 9.17) is 10.5 Å². The maximum Gasteiger partial charge on any atom is 0.325 e. The highest BCUT2D eigenvalue weighted by atomic mass is 16.5. The zero-order valence-electron chi connectivity index (χ0n) is 11.1. The van der Waals surface area contributed by atoms with E-state index in [9.17, 15) is 4.79 Å². The molecule has 2 rings (SSSR count). The minimum Gasteiger partial charge on any atom is -0.465 e. The van der Waals surface area contributed by atoms with Gasteiger partial charge in [0.15, 0.2) is 0 Å². The average Bonchev–Trinajstić information content (AvgIpc) is 2.41. The second-order valence-electron chi connectivity index (χ2n) is 4.21. The number of benzene rings is 1. The summed E-state index contributed by atoms with van der Waals surface area (Å²) in [6.45, 7) is 4.20. The van der Waals surface area contributed by atoms with Gasteiger partial charge >= 0.3 is 5.97 Å². The Hall–Kier alpha value is -2.30. The van der Waals surface area contributed by atoms with Gasteiger partial charge in [-0.05, 0) is 25.5 Å². The minimum absolute atomic E-state index is 0.0910. The number of ether oxygens (including phenoxy) is 1. The van der Waals surface area contributed by atoms with Crippen LogP contribution in [-0.2, 0) is 9.53 Å². The smallest absolute Gasteiger partial charge is 0.325 e. The van der Waals surface area contributed by atoms with E-state index in [1.165, 1.54) is 0 Å². The Morgan fingerprint density at radius 1 is 1.37 bits per heavy atom. The molecule has 1 aromatic heterocycles. The molecule has 1 heterocycles. The van der Waals surface area contributed by atoms with Crippen LogP contribution in [0.5, 0.6) is 0 Å². The molecule has 19 heavy (non-hydrogen) atoms. The van der Waals surface area contributed by atoms with E-state index in [0.717, 1.165) is 22.0 Å². The number of nitrogens with two attached hydrogens (primary N) is 1. The van der Waals surface area contributed by atoms with E-state index in [0.29, 0.717) is 12.4 Å². The maximum atomic E-state index is 11.3. The van der Waals surface area contributed by atoms with Crippen LogP contribution < -0.4 is 11.1 Å². The van der Waals surface area contributed by atoms with Gasteiger partial charge in [-0.15, -0.1) is 0 Å². The molecule has 0 aliphatic carbocycles. The lowest BCUT2D eigenvalue weighted by Crippen LogP contribution is -2.17. The van der Waals surface area contributed by atoms with E-state index >= 15 is 0 Å². The zero-order chi connectivity index (χ0) is 13.8. The number of carbonyl (C=O) groups is 1. The molecule has 0 fully saturated rings. The topological polar surface area (TPSA) is 77.2 Å².